The minimum Gasteiger partial charge on any atom is -0.457 e. The Labute approximate surface area is 206 Å². The first kappa shape index (κ1) is 22.8. The second-order valence-electron chi connectivity index (χ2n) is 7.56. The first-order valence-electron chi connectivity index (χ1n) is 10.7. The summed E-state index contributed by atoms with van der Waals surface area (Å²) < 4.78 is 48.8. The summed E-state index contributed by atoms with van der Waals surface area (Å²) in [5.74, 6) is 0.828. The fourth-order valence-corrected chi connectivity index (χ4v) is 5.39. The highest BCUT2D eigenvalue weighted by Gasteiger charge is 2.18. The van der Waals surface area contributed by atoms with Gasteiger partial charge < -0.3 is 4.74 Å². The molecule has 8 heteroatoms. The van der Waals surface area contributed by atoms with Gasteiger partial charge in [-0.05, 0) is 54.6 Å². The molecule has 4 aromatic carbocycles. The molecule has 174 valence electrons. The van der Waals surface area contributed by atoms with Crippen molar-refractivity contribution in [2.24, 2.45) is 0 Å². The largest absolute Gasteiger partial charge is 0.457 e. The molecule has 0 aliphatic rings. The Kier molecular flexibility index (Phi) is 6.31. The Morgan fingerprint density at radius 3 is 2.11 bits per heavy atom. The summed E-state index contributed by atoms with van der Waals surface area (Å²) in [7, 11) is -3.88. The zero-order chi connectivity index (χ0) is 24.3. The van der Waals surface area contributed by atoms with Crippen LogP contribution in [0.15, 0.2) is 113 Å². The molecule has 0 radical (unpaired) electrons. The van der Waals surface area contributed by atoms with E-state index in [1.54, 1.807) is 60.0 Å². The zero-order valence-corrected chi connectivity index (χ0v) is 19.9. The minimum atomic E-state index is -3.88. The summed E-state index contributed by atoms with van der Waals surface area (Å²) >= 11 is 1.29. The van der Waals surface area contributed by atoms with E-state index in [-0.39, 0.29) is 10.7 Å². The summed E-state index contributed by atoms with van der Waals surface area (Å²) in [6, 6.07) is 28.8. The topological polar surface area (TPSA) is 68.3 Å². The summed E-state index contributed by atoms with van der Waals surface area (Å²) in [6.07, 6.45) is 0. The summed E-state index contributed by atoms with van der Waals surface area (Å²) in [5, 5.41) is 2.30. The molecule has 0 amide bonds. The van der Waals surface area contributed by atoms with Crippen LogP contribution in [0, 0.1) is 5.82 Å². The predicted octanol–water partition coefficient (Wildman–Crippen LogP) is 7.21. The fourth-order valence-electron chi connectivity index (χ4n) is 3.47. The highest BCUT2D eigenvalue weighted by atomic mass is 32.2. The number of ether oxygens (including phenoxy) is 1. The standard InChI is InChI=1S/C27H19FN2O3S2/c28-24-12-6-4-10-22(24)27-29-26(18-34-27)23-11-5-7-13-25(23)30-35(31,32)21-16-14-20(15-17-21)33-19-8-2-1-3-9-19/h1-18,30H. The molecule has 5 rings (SSSR count). The van der Waals surface area contributed by atoms with E-state index in [1.807, 2.05) is 30.3 Å². The van der Waals surface area contributed by atoms with E-state index in [2.05, 4.69) is 9.71 Å². The van der Waals surface area contributed by atoms with Crippen LogP contribution in [0.3, 0.4) is 0 Å². The second-order valence-corrected chi connectivity index (χ2v) is 10.1. The van der Waals surface area contributed by atoms with Crippen LogP contribution in [-0.2, 0) is 10.0 Å². The predicted molar refractivity (Wildman–Crippen MR) is 137 cm³/mol. The van der Waals surface area contributed by atoms with Gasteiger partial charge in [0.2, 0.25) is 0 Å². The number of hydrogen-bond acceptors (Lipinski definition) is 5. The molecule has 0 saturated carbocycles. The maximum absolute atomic E-state index is 14.2. The SMILES string of the molecule is O=S(=O)(Nc1ccccc1-c1csc(-c2ccccc2F)n1)c1ccc(Oc2ccccc2)cc1. The van der Waals surface area contributed by atoms with Gasteiger partial charge in [-0.3, -0.25) is 4.72 Å². The quantitative estimate of drug-likeness (QED) is 0.255. The Morgan fingerprint density at radius 2 is 1.37 bits per heavy atom. The number of aromatic nitrogens is 1. The van der Waals surface area contributed by atoms with Crippen LogP contribution in [0.1, 0.15) is 0 Å². The first-order chi connectivity index (χ1) is 17.0. The Morgan fingerprint density at radius 1 is 0.743 bits per heavy atom. The van der Waals surface area contributed by atoms with Gasteiger partial charge in [-0.15, -0.1) is 11.3 Å². The van der Waals surface area contributed by atoms with E-state index < -0.39 is 10.0 Å². The van der Waals surface area contributed by atoms with Gasteiger partial charge in [-0.25, -0.2) is 17.8 Å². The van der Waals surface area contributed by atoms with E-state index in [9.17, 15) is 12.8 Å². The molecule has 0 bridgehead atoms. The van der Waals surface area contributed by atoms with Crippen molar-refractivity contribution in [2.45, 2.75) is 4.90 Å². The van der Waals surface area contributed by atoms with Crippen molar-refractivity contribution in [3.63, 3.8) is 0 Å². The van der Waals surface area contributed by atoms with Gasteiger partial charge in [-0.2, -0.15) is 0 Å². The third-order valence-electron chi connectivity index (χ3n) is 5.17. The van der Waals surface area contributed by atoms with Crippen LogP contribution in [0.5, 0.6) is 11.5 Å². The number of nitrogens with one attached hydrogen (secondary N) is 1. The summed E-state index contributed by atoms with van der Waals surface area (Å²) in [6.45, 7) is 0. The second kappa shape index (κ2) is 9.69. The smallest absolute Gasteiger partial charge is 0.261 e. The number of sulfonamides is 1. The molecule has 35 heavy (non-hydrogen) atoms. The number of para-hydroxylation sites is 2. The minimum absolute atomic E-state index is 0.0954. The average molecular weight is 503 g/mol. The van der Waals surface area contributed by atoms with Crippen molar-refractivity contribution in [2.75, 3.05) is 4.72 Å². The van der Waals surface area contributed by atoms with Crippen molar-refractivity contribution >= 4 is 27.0 Å². The number of rotatable bonds is 7. The number of halogens is 1. The van der Waals surface area contributed by atoms with Gasteiger partial charge in [0.1, 0.15) is 22.3 Å². The molecule has 0 spiro atoms. The van der Waals surface area contributed by atoms with Crippen LogP contribution < -0.4 is 9.46 Å². The zero-order valence-electron chi connectivity index (χ0n) is 18.3. The summed E-state index contributed by atoms with van der Waals surface area (Å²) in [5.41, 5.74) is 1.93. The van der Waals surface area contributed by atoms with Gasteiger partial charge in [0.05, 0.1) is 16.3 Å². The van der Waals surface area contributed by atoms with E-state index in [0.29, 0.717) is 39.0 Å². The van der Waals surface area contributed by atoms with E-state index >= 15 is 0 Å². The van der Waals surface area contributed by atoms with E-state index in [0.717, 1.165) is 0 Å². The van der Waals surface area contributed by atoms with Crippen molar-refractivity contribution in [3.8, 4) is 33.3 Å². The number of benzene rings is 4. The lowest BCUT2D eigenvalue weighted by Gasteiger charge is -2.12. The Balaban J connectivity index is 1.39. The van der Waals surface area contributed by atoms with Crippen LogP contribution in [0.25, 0.3) is 21.8 Å². The van der Waals surface area contributed by atoms with E-state index in [1.165, 1.54) is 29.5 Å². The molecular weight excluding hydrogens is 483 g/mol. The van der Waals surface area contributed by atoms with Crippen molar-refractivity contribution in [1.82, 2.24) is 4.98 Å². The lowest BCUT2D eigenvalue weighted by molar-refractivity contribution is 0.482. The fraction of sp³-hybridized carbons (Fsp3) is 0. The van der Waals surface area contributed by atoms with Gasteiger partial charge in [0.25, 0.3) is 10.0 Å². The van der Waals surface area contributed by atoms with Crippen molar-refractivity contribution in [1.29, 1.82) is 0 Å². The van der Waals surface area contributed by atoms with Crippen LogP contribution >= 0.6 is 11.3 Å². The van der Waals surface area contributed by atoms with Gasteiger partial charge in [0, 0.05) is 16.5 Å². The first-order valence-corrected chi connectivity index (χ1v) is 13.0. The maximum Gasteiger partial charge on any atom is 0.261 e. The molecular formula is C27H19FN2O3S2. The molecule has 1 N–H and O–H groups in total. The highest BCUT2D eigenvalue weighted by Crippen LogP contribution is 2.34. The van der Waals surface area contributed by atoms with Gasteiger partial charge in [0.15, 0.2) is 0 Å². The molecule has 5 nitrogen and oxygen atoms in total. The van der Waals surface area contributed by atoms with Crippen molar-refractivity contribution in [3.05, 3.63) is 114 Å². The Bertz CT molecular complexity index is 1570. The summed E-state index contributed by atoms with van der Waals surface area (Å²) in [4.78, 5) is 4.65. The number of anilines is 1. The van der Waals surface area contributed by atoms with E-state index in [4.69, 9.17) is 4.74 Å². The number of nitrogens with zero attached hydrogens (tertiary/aromatic N) is 1. The van der Waals surface area contributed by atoms with Gasteiger partial charge in [-0.1, -0.05) is 48.5 Å². The van der Waals surface area contributed by atoms with Gasteiger partial charge >= 0.3 is 0 Å². The maximum atomic E-state index is 14.2. The molecule has 5 aromatic rings. The van der Waals surface area contributed by atoms with Crippen LogP contribution in [-0.4, -0.2) is 13.4 Å². The number of hydrogen-bond donors (Lipinski definition) is 1. The highest BCUT2D eigenvalue weighted by molar-refractivity contribution is 7.92. The third kappa shape index (κ3) is 5.08. The molecule has 0 unspecified atom stereocenters. The molecule has 0 fully saturated rings. The molecule has 1 heterocycles. The molecule has 0 aliphatic carbocycles. The lowest BCUT2D eigenvalue weighted by Crippen LogP contribution is -2.13. The molecule has 0 aliphatic heterocycles. The third-order valence-corrected chi connectivity index (χ3v) is 7.43. The van der Waals surface area contributed by atoms with Crippen molar-refractivity contribution < 1.29 is 17.5 Å². The lowest BCUT2D eigenvalue weighted by atomic mass is 10.1. The molecule has 0 atom stereocenters. The Hall–Kier alpha value is -4.01. The monoisotopic (exact) mass is 502 g/mol. The number of thiazole rings is 1. The average Bonchev–Trinajstić information content (AvgIpc) is 3.35. The molecule has 0 saturated heterocycles. The normalized spacial score (nSPS) is 11.2. The van der Waals surface area contributed by atoms with Crippen LogP contribution in [0.4, 0.5) is 10.1 Å². The van der Waals surface area contributed by atoms with Crippen LogP contribution in [0.2, 0.25) is 0 Å². The molecule has 1 aromatic heterocycles.